The molecule has 1 aliphatic rings. The van der Waals surface area contributed by atoms with Crippen LogP contribution in [0.5, 0.6) is 0 Å². The minimum absolute atomic E-state index is 0.321. The quantitative estimate of drug-likeness (QED) is 0.772. The van der Waals surface area contributed by atoms with Crippen LogP contribution in [-0.2, 0) is 11.2 Å². The molecular weight excluding hydrogens is 304 g/mol. The summed E-state index contributed by atoms with van der Waals surface area (Å²) in [5.41, 5.74) is 1.30. The molecule has 0 amide bonds. The maximum atomic E-state index is 11.9. The zero-order chi connectivity index (χ0) is 15.2. The molecule has 1 aliphatic heterocycles. The molecule has 0 radical (unpaired) electrons. The van der Waals surface area contributed by atoms with Gasteiger partial charge < -0.3 is 4.74 Å². The van der Waals surface area contributed by atoms with Gasteiger partial charge in [-0.05, 0) is 19.8 Å². The van der Waals surface area contributed by atoms with Crippen molar-refractivity contribution in [2.45, 2.75) is 44.1 Å². The van der Waals surface area contributed by atoms with Gasteiger partial charge in [0.15, 0.2) is 0 Å². The van der Waals surface area contributed by atoms with Gasteiger partial charge in [0.1, 0.15) is 5.82 Å². The molecule has 2 rings (SSSR count). The number of hydrogen-bond donors (Lipinski definition) is 0. The van der Waals surface area contributed by atoms with Crippen LogP contribution in [0.25, 0.3) is 0 Å². The third-order valence-corrected chi connectivity index (χ3v) is 6.67. The highest BCUT2D eigenvalue weighted by Crippen LogP contribution is 2.42. The minimum Gasteiger partial charge on any atom is -0.462 e. The van der Waals surface area contributed by atoms with Gasteiger partial charge in [-0.15, -0.1) is 11.8 Å². The topological polar surface area (TPSA) is 52.1 Å². The third kappa shape index (κ3) is 3.92. The van der Waals surface area contributed by atoms with Gasteiger partial charge in [0.05, 0.1) is 23.1 Å². The summed E-state index contributed by atoms with van der Waals surface area (Å²) in [5.74, 6) is 2.87. The zero-order valence-electron chi connectivity index (χ0n) is 12.8. The molecule has 2 unspecified atom stereocenters. The SMILES string of the molecule is CCOC(=O)c1cnc(C2SCCSC2CC)nc1CC. The Kier molecular flexibility index (Phi) is 6.36. The average molecular weight is 326 g/mol. The molecule has 0 bridgehead atoms. The van der Waals surface area contributed by atoms with E-state index >= 15 is 0 Å². The first-order valence-corrected chi connectivity index (χ1v) is 9.57. The Labute approximate surface area is 134 Å². The van der Waals surface area contributed by atoms with Gasteiger partial charge in [0.25, 0.3) is 0 Å². The maximum absolute atomic E-state index is 11.9. The Morgan fingerprint density at radius 3 is 2.76 bits per heavy atom. The van der Waals surface area contributed by atoms with Crippen LogP contribution < -0.4 is 0 Å². The molecule has 2 atom stereocenters. The van der Waals surface area contributed by atoms with E-state index in [0.29, 0.717) is 29.1 Å². The van der Waals surface area contributed by atoms with Gasteiger partial charge in [-0.1, -0.05) is 13.8 Å². The summed E-state index contributed by atoms with van der Waals surface area (Å²) in [4.78, 5) is 21.1. The number of nitrogens with zero attached hydrogens (tertiary/aromatic N) is 2. The number of esters is 1. The van der Waals surface area contributed by atoms with Crippen LogP contribution in [0.4, 0.5) is 0 Å². The summed E-state index contributed by atoms with van der Waals surface area (Å²) in [6.07, 6.45) is 3.48. The summed E-state index contributed by atoms with van der Waals surface area (Å²) in [7, 11) is 0. The second kappa shape index (κ2) is 8.03. The first-order chi connectivity index (χ1) is 10.2. The van der Waals surface area contributed by atoms with Crippen molar-refractivity contribution in [3.63, 3.8) is 0 Å². The van der Waals surface area contributed by atoms with Crippen LogP contribution >= 0.6 is 23.5 Å². The van der Waals surface area contributed by atoms with Crippen LogP contribution in [-0.4, -0.2) is 39.3 Å². The van der Waals surface area contributed by atoms with Crippen LogP contribution in [0, 0.1) is 0 Å². The minimum atomic E-state index is -0.321. The molecule has 1 aromatic heterocycles. The van der Waals surface area contributed by atoms with Gasteiger partial charge in [-0.25, -0.2) is 14.8 Å². The van der Waals surface area contributed by atoms with Crippen molar-refractivity contribution >= 4 is 29.5 Å². The number of thioether (sulfide) groups is 2. The van der Waals surface area contributed by atoms with Crippen LogP contribution in [0.3, 0.4) is 0 Å². The Morgan fingerprint density at radius 2 is 2.10 bits per heavy atom. The first kappa shape index (κ1) is 16.6. The molecule has 6 heteroatoms. The average Bonchev–Trinajstić information content (AvgIpc) is 2.54. The van der Waals surface area contributed by atoms with Crippen molar-refractivity contribution in [2.24, 2.45) is 0 Å². The fraction of sp³-hybridized carbons (Fsp3) is 0.667. The van der Waals surface area contributed by atoms with Gasteiger partial charge >= 0.3 is 5.97 Å². The second-order valence-electron chi connectivity index (χ2n) is 4.77. The summed E-state index contributed by atoms with van der Waals surface area (Å²) < 4.78 is 5.07. The van der Waals surface area contributed by atoms with E-state index in [1.165, 1.54) is 5.75 Å². The van der Waals surface area contributed by atoms with Crippen molar-refractivity contribution < 1.29 is 9.53 Å². The number of carbonyl (C=O) groups is 1. The Hall–Kier alpha value is -0.750. The van der Waals surface area contributed by atoms with E-state index in [2.05, 4.69) is 16.9 Å². The summed E-state index contributed by atoms with van der Waals surface area (Å²) in [5, 5.41) is 0.886. The Balaban J connectivity index is 2.27. The first-order valence-electron chi connectivity index (χ1n) is 7.47. The lowest BCUT2D eigenvalue weighted by Crippen LogP contribution is -2.22. The lowest BCUT2D eigenvalue weighted by atomic mass is 10.1. The number of hydrogen-bond acceptors (Lipinski definition) is 6. The highest BCUT2D eigenvalue weighted by Gasteiger charge is 2.29. The normalized spacial score (nSPS) is 22.0. The fourth-order valence-electron chi connectivity index (χ4n) is 2.36. The molecular formula is C15H22N2O2S2. The van der Waals surface area contributed by atoms with Gasteiger partial charge in [0, 0.05) is 23.0 Å². The molecule has 0 saturated carbocycles. The zero-order valence-corrected chi connectivity index (χ0v) is 14.4. The number of carbonyl (C=O) groups excluding carboxylic acids is 1. The molecule has 4 nitrogen and oxygen atoms in total. The molecule has 0 N–H and O–H groups in total. The Bertz CT molecular complexity index is 497. The van der Waals surface area contributed by atoms with E-state index in [1.807, 2.05) is 30.4 Å². The predicted octanol–water partition coefficient (Wildman–Crippen LogP) is 3.52. The van der Waals surface area contributed by atoms with Crippen molar-refractivity contribution in [1.29, 1.82) is 0 Å². The number of ether oxygens (including phenoxy) is 1. The summed E-state index contributed by atoms with van der Waals surface area (Å²) >= 11 is 3.94. The van der Waals surface area contributed by atoms with Crippen LogP contribution in [0.15, 0.2) is 6.20 Å². The van der Waals surface area contributed by atoms with Crippen LogP contribution in [0.2, 0.25) is 0 Å². The highest BCUT2D eigenvalue weighted by molar-refractivity contribution is 8.06. The van der Waals surface area contributed by atoms with E-state index in [0.717, 1.165) is 23.7 Å². The van der Waals surface area contributed by atoms with E-state index in [9.17, 15) is 4.79 Å². The molecule has 0 spiro atoms. The van der Waals surface area contributed by atoms with E-state index in [4.69, 9.17) is 4.74 Å². The summed E-state index contributed by atoms with van der Waals surface area (Å²) in [6, 6.07) is 0. The fourth-order valence-corrected chi connectivity index (χ4v) is 5.36. The van der Waals surface area contributed by atoms with E-state index in [-0.39, 0.29) is 5.97 Å². The van der Waals surface area contributed by atoms with Crippen molar-refractivity contribution in [2.75, 3.05) is 18.1 Å². The molecule has 2 heterocycles. The van der Waals surface area contributed by atoms with Gasteiger partial charge in [-0.3, -0.25) is 0 Å². The Morgan fingerprint density at radius 1 is 1.33 bits per heavy atom. The van der Waals surface area contributed by atoms with Crippen molar-refractivity contribution in [1.82, 2.24) is 9.97 Å². The van der Waals surface area contributed by atoms with Crippen molar-refractivity contribution in [3.05, 3.63) is 23.3 Å². The highest BCUT2D eigenvalue weighted by atomic mass is 32.2. The van der Waals surface area contributed by atoms with Gasteiger partial charge in [-0.2, -0.15) is 11.8 Å². The molecule has 116 valence electrons. The molecule has 1 fully saturated rings. The standard InChI is InChI=1S/C15H22N2O2S2/c1-4-11-10(15(18)19-6-3)9-16-14(17-11)13-12(5-2)20-7-8-21-13/h9,12-13H,4-8H2,1-3H3. The number of rotatable bonds is 5. The molecule has 0 aromatic carbocycles. The second-order valence-corrected chi connectivity index (χ2v) is 7.37. The lowest BCUT2D eigenvalue weighted by molar-refractivity contribution is 0.0524. The molecule has 0 aliphatic carbocycles. The monoisotopic (exact) mass is 326 g/mol. The van der Waals surface area contributed by atoms with Crippen LogP contribution in [0.1, 0.15) is 54.3 Å². The van der Waals surface area contributed by atoms with E-state index < -0.39 is 0 Å². The molecule has 21 heavy (non-hydrogen) atoms. The largest absolute Gasteiger partial charge is 0.462 e. The summed E-state index contributed by atoms with van der Waals surface area (Å²) in [6.45, 7) is 6.40. The lowest BCUT2D eigenvalue weighted by Gasteiger charge is -2.29. The number of aromatic nitrogens is 2. The number of aryl methyl sites for hydroxylation is 1. The third-order valence-electron chi connectivity index (χ3n) is 3.42. The van der Waals surface area contributed by atoms with Crippen molar-refractivity contribution in [3.8, 4) is 0 Å². The maximum Gasteiger partial charge on any atom is 0.341 e. The predicted molar refractivity (Wildman–Crippen MR) is 89.1 cm³/mol. The van der Waals surface area contributed by atoms with Gasteiger partial charge in [0.2, 0.25) is 0 Å². The molecule has 1 saturated heterocycles. The molecule has 1 aromatic rings. The van der Waals surface area contributed by atoms with E-state index in [1.54, 1.807) is 13.1 Å². The smallest absolute Gasteiger partial charge is 0.341 e.